The van der Waals surface area contributed by atoms with Crippen LogP contribution in [0.1, 0.15) is 21.5 Å². The number of hydrogen-bond acceptors (Lipinski definition) is 4. The maximum absolute atomic E-state index is 12.2. The van der Waals surface area contributed by atoms with Gasteiger partial charge in [-0.2, -0.15) is 0 Å². The van der Waals surface area contributed by atoms with Crippen LogP contribution in [-0.4, -0.2) is 29.0 Å². The Hall–Kier alpha value is -2.46. The number of hydrogen-bond donors (Lipinski definition) is 2. The van der Waals surface area contributed by atoms with Crippen molar-refractivity contribution in [3.05, 3.63) is 59.2 Å². The highest BCUT2D eigenvalue weighted by Crippen LogP contribution is 2.27. The molecule has 0 amide bonds. The van der Waals surface area contributed by atoms with Crippen LogP contribution in [0.2, 0.25) is 0 Å². The summed E-state index contributed by atoms with van der Waals surface area (Å²) in [4.78, 5) is 12.2. The second-order valence-electron chi connectivity index (χ2n) is 4.91. The molecule has 4 nitrogen and oxygen atoms in total. The number of phenolic OH excluding ortho intramolecular Hbond substituents is 2. The van der Waals surface area contributed by atoms with E-state index in [1.807, 2.05) is 0 Å². The topological polar surface area (TPSA) is 66.8 Å². The van der Waals surface area contributed by atoms with E-state index in [9.17, 15) is 15.0 Å². The van der Waals surface area contributed by atoms with Gasteiger partial charge in [0.05, 0.1) is 7.11 Å². The summed E-state index contributed by atoms with van der Waals surface area (Å²) >= 11 is 5.68. The van der Waals surface area contributed by atoms with Gasteiger partial charge in [0.15, 0.2) is 17.3 Å². The molecule has 0 saturated carbocycles. The number of aryl methyl sites for hydroxylation is 1. The molecule has 2 N–H and O–H groups in total. The standard InChI is InChI=1S/C18H17ClO4/c1-23-18-7-3-12(10-17(18)22)2-5-15(20)13-4-6-16(21)14(11-13)8-9-19/h2-7,10-11,21-22H,8-9H2,1H3/b5-2+. The Labute approximate surface area is 139 Å². The zero-order valence-corrected chi connectivity index (χ0v) is 13.4. The van der Waals surface area contributed by atoms with Crippen LogP contribution in [0.15, 0.2) is 42.5 Å². The van der Waals surface area contributed by atoms with E-state index in [2.05, 4.69) is 0 Å². The van der Waals surface area contributed by atoms with Gasteiger partial charge in [0.25, 0.3) is 0 Å². The second kappa shape index (κ2) is 7.70. The number of carbonyl (C=O) groups excluding carboxylic acids is 1. The van der Waals surface area contributed by atoms with Crippen molar-refractivity contribution in [3.63, 3.8) is 0 Å². The van der Waals surface area contributed by atoms with Crippen molar-refractivity contribution in [2.75, 3.05) is 13.0 Å². The smallest absolute Gasteiger partial charge is 0.185 e. The molecule has 0 aromatic heterocycles. The van der Waals surface area contributed by atoms with Crippen molar-refractivity contribution in [3.8, 4) is 17.2 Å². The molecule has 0 bridgehead atoms. The monoisotopic (exact) mass is 332 g/mol. The lowest BCUT2D eigenvalue weighted by Crippen LogP contribution is -1.97. The number of rotatable bonds is 6. The number of ether oxygens (including phenoxy) is 1. The summed E-state index contributed by atoms with van der Waals surface area (Å²) in [7, 11) is 1.47. The van der Waals surface area contributed by atoms with Gasteiger partial charge in [-0.3, -0.25) is 4.79 Å². The number of halogens is 1. The molecular weight excluding hydrogens is 316 g/mol. The van der Waals surface area contributed by atoms with Gasteiger partial charge >= 0.3 is 0 Å². The van der Waals surface area contributed by atoms with Crippen molar-refractivity contribution >= 4 is 23.5 Å². The number of alkyl halides is 1. The predicted octanol–water partition coefficient (Wildman–Crippen LogP) is 3.78. The minimum atomic E-state index is -0.198. The summed E-state index contributed by atoms with van der Waals surface area (Å²) in [5.41, 5.74) is 1.79. The minimum absolute atomic E-state index is 0.0103. The molecule has 0 unspecified atom stereocenters. The van der Waals surface area contributed by atoms with Gasteiger partial charge in [-0.05, 0) is 54.0 Å². The van der Waals surface area contributed by atoms with Crippen LogP contribution < -0.4 is 4.74 Å². The van der Waals surface area contributed by atoms with Crippen LogP contribution in [0, 0.1) is 0 Å². The first kappa shape index (κ1) is 16.9. The van der Waals surface area contributed by atoms with E-state index < -0.39 is 0 Å². The molecule has 0 heterocycles. The molecule has 0 atom stereocenters. The quantitative estimate of drug-likeness (QED) is 0.480. The number of aromatic hydroxyl groups is 2. The summed E-state index contributed by atoms with van der Waals surface area (Å²) in [6, 6.07) is 9.55. The van der Waals surface area contributed by atoms with E-state index in [-0.39, 0.29) is 17.3 Å². The third-order valence-electron chi connectivity index (χ3n) is 3.36. The predicted molar refractivity (Wildman–Crippen MR) is 90.6 cm³/mol. The summed E-state index contributed by atoms with van der Waals surface area (Å²) in [5, 5.41) is 19.4. The molecule has 2 aromatic rings. The molecule has 0 saturated heterocycles. The molecule has 0 spiro atoms. The molecule has 0 aliphatic rings. The fourth-order valence-electron chi connectivity index (χ4n) is 2.12. The summed E-state index contributed by atoms with van der Waals surface area (Å²) in [6.45, 7) is 0. The Bertz CT molecular complexity index is 738. The average Bonchev–Trinajstić information content (AvgIpc) is 2.55. The van der Waals surface area contributed by atoms with E-state index in [1.54, 1.807) is 30.3 Å². The Kier molecular flexibility index (Phi) is 5.66. The molecule has 0 fully saturated rings. The second-order valence-corrected chi connectivity index (χ2v) is 5.29. The van der Waals surface area contributed by atoms with Crippen LogP contribution in [0.5, 0.6) is 17.2 Å². The first-order chi connectivity index (χ1) is 11.0. The highest BCUT2D eigenvalue weighted by atomic mass is 35.5. The van der Waals surface area contributed by atoms with Crippen molar-refractivity contribution in [1.29, 1.82) is 0 Å². The molecule has 5 heteroatoms. The molecule has 23 heavy (non-hydrogen) atoms. The maximum Gasteiger partial charge on any atom is 0.185 e. The number of carbonyl (C=O) groups is 1. The number of ketones is 1. The highest BCUT2D eigenvalue weighted by Gasteiger charge is 2.07. The minimum Gasteiger partial charge on any atom is -0.508 e. The normalized spacial score (nSPS) is 10.9. The molecule has 0 aliphatic carbocycles. The third-order valence-corrected chi connectivity index (χ3v) is 3.55. The Morgan fingerprint density at radius 2 is 1.96 bits per heavy atom. The number of phenols is 2. The van der Waals surface area contributed by atoms with Crippen LogP contribution in [0.3, 0.4) is 0 Å². The average molecular weight is 333 g/mol. The molecule has 0 aliphatic heterocycles. The zero-order valence-electron chi connectivity index (χ0n) is 12.6. The van der Waals surface area contributed by atoms with Gasteiger partial charge < -0.3 is 14.9 Å². The van der Waals surface area contributed by atoms with E-state index in [0.29, 0.717) is 34.7 Å². The van der Waals surface area contributed by atoms with Crippen LogP contribution in [0.4, 0.5) is 0 Å². The van der Waals surface area contributed by atoms with Gasteiger partial charge in [-0.1, -0.05) is 12.1 Å². The molecule has 2 rings (SSSR count). The lowest BCUT2D eigenvalue weighted by atomic mass is 10.0. The first-order valence-electron chi connectivity index (χ1n) is 7.02. The molecular formula is C18H17ClO4. The maximum atomic E-state index is 12.2. The van der Waals surface area contributed by atoms with Crippen molar-refractivity contribution in [2.45, 2.75) is 6.42 Å². The summed E-state index contributed by atoms with van der Waals surface area (Å²) in [6.07, 6.45) is 3.51. The highest BCUT2D eigenvalue weighted by molar-refractivity contribution is 6.18. The van der Waals surface area contributed by atoms with Crippen molar-refractivity contribution in [2.24, 2.45) is 0 Å². The Balaban J connectivity index is 2.18. The summed E-state index contributed by atoms with van der Waals surface area (Å²) < 4.78 is 4.97. The van der Waals surface area contributed by atoms with Gasteiger partial charge in [0.2, 0.25) is 0 Å². The van der Waals surface area contributed by atoms with Crippen molar-refractivity contribution in [1.82, 2.24) is 0 Å². The molecule has 120 valence electrons. The van der Waals surface area contributed by atoms with E-state index in [4.69, 9.17) is 16.3 Å². The molecule has 0 radical (unpaired) electrons. The number of benzene rings is 2. The zero-order chi connectivity index (χ0) is 16.8. The summed E-state index contributed by atoms with van der Waals surface area (Å²) in [5.74, 6) is 0.683. The lowest BCUT2D eigenvalue weighted by molar-refractivity contribution is 0.104. The Morgan fingerprint density at radius 3 is 2.61 bits per heavy atom. The molecule has 2 aromatic carbocycles. The largest absolute Gasteiger partial charge is 0.508 e. The first-order valence-corrected chi connectivity index (χ1v) is 7.56. The van der Waals surface area contributed by atoms with Crippen LogP contribution in [-0.2, 0) is 6.42 Å². The van der Waals surface area contributed by atoms with Crippen LogP contribution in [0.25, 0.3) is 6.08 Å². The SMILES string of the molecule is COc1ccc(/C=C/C(=O)c2ccc(O)c(CCCl)c2)cc1O. The van der Waals surface area contributed by atoms with E-state index >= 15 is 0 Å². The van der Waals surface area contributed by atoms with Crippen LogP contribution >= 0.6 is 11.6 Å². The van der Waals surface area contributed by atoms with Gasteiger partial charge in [0.1, 0.15) is 5.75 Å². The fraction of sp³-hybridized carbons (Fsp3) is 0.167. The van der Waals surface area contributed by atoms with E-state index in [1.165, 1.54) is 25.3 Å². The Morgan fingerprint density at radius 1 is 1.17 bits per heavy atom. The third kappa shape index (κ3) is 4.27. The van der Waals surface area contributed by atoms with Gasteiger partial charge in [-0.15, -0.1) is 11.6 Å². The van der Waals surface area contributed by atoms with Gasteiger partial charge in [0, 0.05) is 11.4 Å². The lowest BCUT2D eigenvalue weighted by Gasteiger charge is -2.05. The van der Waals surface area contributed by atoms with Gasteiger partial charge in [-0.25, -0.2) is 0 Å². The number of methoxy groups -OCH3 is 1. The van der Waals surface area contributed by atoms with E-state index in [0.717, 1.165) is 0 Å². The fourth-order valence-corrected chi connectivity index (χ4v) is 2.32. The van der Waals surface area contributed by atoms with Crippen molar-refractivity contribution < 1.29 is 19.7 Å². The number of allylic oxidation sites excluding steroid dienone is 1.